The summed E-state index contributed by atoms with van der Waals surface area (Å²) in [6.07, 6.45) is 2.78. The Bertz CT molecular complexity index is 916. The van der Waals surface area contributed by atoms with Gasteiger partial charge in [-0.1, -0.05) is 0 Å². The molecule has 3 aromatic rings. The minimum Gasteiger partial charge on any atom is -0.469 e. The van der Waals surface area contributed by atoms with Gasteiger partial charge in [-0.2, -0.15) is 0 Å². The lowest BCUT2D eigenvalue weighted by molar-refractivity contribution is -0.140. The van der Waals surface area contributed by atoms with Crippen LogP contribution in [0.2, 0.25) is 0 Å². The Labute approximate surface area is 148 Å². The quantitative estimate of drug-likeness (QED) is 0.397. The minimum absolute atomic E-state index is 0.0472. The molecule has 0 aliphatic carbocycles. The molecule has 25 heavy (non-hydrogen) atoms. The number of carbonyl (C=O) groups is 2. The molecule has 0 aliphatic rings. The molecule has 0 spiro atoms. The topological polar surface area (TPSA) is 85.6 Å². The summed E-state index contributed by atoms with van der Waals surface area (Å²) in [4.78, 5) is 28.6. The van der Waals surface area contributed by atoms with Crippen molar-refractivity contribution in [1.82, 2.24) is 14.6 Å². The summed E-state index contributed by atoms with van der Waals surface area (Å²) in [5, 5.41) is 7.74. The highest BCUT2D eigenvalue weighted by atomic mass is 32.1. The van der Waals surface area contributed by atoms with Gasteiger partial charge in [0, 0.05) is 13.0 Å². The fraction of sp³-hybridized carbons (Fsp3) is 0.294. The first kappa shape index (κ1) is 17.1. The monoisotopic (exact) mass is 358 g/mol. The summed E-state index contributed by atoms with van der Waals surface area (Å²) in [7, 11) is 1.38. The zero-order valence-electron chi connectivity index (χ0n) is 14.0. The van der Waals surface area contributed by atoms with Crippen LogP contribution in [-0.2, 0) is 9.53 Å². The smallest absolute Gasteiger partial charge is 0.305 e. The van der Waals surface area contributed by atoms with E-state index < -0.39 is 0 Å². The van der Waals surface area contributed by atoms with Gasteiger partial charge in [0.05, 0.1) is 23.1 Å². The van der Waals surface area contributed by atoms with Crippen LogP contribution in [0, 0.1) is 0 Å². The molecule has 0 bridgehead atoms. The van der Waals surface area contributed by atoms with E-state index in [-0.39, 0.29) is 11.8 Å². The van der Waals surface area contributed by atoms with Gasteiger partial charge in [0.2, 0.25) is 0 Å². The van der Waals surface area contributed by atoms with Crippen molar-refractivity contribution in [1.29, 1.82) is 0 Å². The molecular weight excluding hydrogens is 340 g/mol. The highest BCUT2D eigenvalue weighted by Gasteiger charge is 2.12. The first-order chi connectivity index (χ1) is 12.1. The zero-order valence-corrected chi connectivity index (χ0v) is 14.8. The number of esters is 1. The molecule has 0 saturated heterocycles. The predicted molar refractivity (Wildman–Crippen MR) is 96.0 cm³/mol. The molecule has 0 radical (unpaired) electrons. The number of ether oxygens (including phenoxy) is 1. The fourth-order valence-electron chi connectivity index (χ4n) is 2.35. The second-order valence-corrected chi connectivity index (χ2v) is 6.54. The maximum Gasteiger partial charge on any atom is 0.305 e. The van der Waals surface area contributed by atoms with E-state index in [2.05, 4.69) is 20.1 Å². The Morgan fingerprint density at radius 3 is 2.84 bits per heavy atom. The number of nitrogens with one attached hydrogen (secondary N) is 1. The summed E-state index contributed by atoms with van der Waals surface area (Å²) in [6.45, 7) is 2.17. The normalized spacial score (nSPS) is 10.8. The molecule has 0 aromatic carbocycles. The largest absolute Gasteiger partial charge is 0.469 e. The van der Waals surface area contributed by atoms with Crippen molar-refractivity contribution in [2.75, 3.05) is 19.0 Å². The number of Topliss-reactive ketones (excluding diaryl/α,β-unsaturated/α-hetero) is 1. The number of anilines is 1. The maximum atomic E-state index is 11.5. The van der Waals surface area contributed by atoms with Gasteiger partial charge >= 0.3 is 5.97 Å². The minimum atomic E-state index is -0.221. The molecule has 0 atom stereocenters. The van der Waals surface area contributed by atoms with Gasteiger partial charge in [-0.25, -0.2) is 9.50 Å². The molecule has 3 aromatic heterocycles. The van der Waals surface area contributed by atoms with Crippen molar-refractivity contribution < 1.29 is 14.3 Å². The number of imidazole rings is 1. The molecule has 0 amide bonds. The Hall–Kier alpha value is -2.74. The summed E-state index contributed by atoms with van der Waals surface area (Å²) in [5.74, 6) is 0.520. The van der Waals surface area contributed by atoms with Gasteiger partial charge in [-0.3, -0.25) is 9.59 Å². The van der Waals surface area contributed by atoms with Crippen molar-refractivity contribution in [3.05, 3.63) is 35.3 Å². The second-order valence-electron chi connectivity index (χ2n) is 5.46. The first-order valence-electron chi connectivity index (χ1n) is 7.85. The van der Waals surface area contributed by atoms with Crippen LogP contribution in [0.3, 0.4) is 0 Å². The van der Waals surface area contributed by atoms with Crippen LogP contribution in [0.25, 0.3) is 16.2 Å². The van der Waals surface area contributed by atoms with E-state index >= 15 is 0 Å². The number of fused-ring (bicyclic) bond motifs is 1. The van der Waals surface area contributed by atoms with Crippen LogP contribution in [0.1, 0.15) is 29.4 Å². The molecular formula is C17H18N4O3S. The number of methoxy groups -OCH3 is 1. The van der Waals surface area contributed by atoms with Crippen LogP contribution in [0.15, 0.2) is 30.5 Å². The molecule has 0 aliphatic heterocycles. The van der Waals surface area contributed by atoms with E-state index in [1.54, 1.807) is 17.6 Å². The number of hydrogen-bond acceptors (Lipinski definition) is 7. The maximum absolute atomic E-state index is 11.5. The molecule has 0 fully saturated rings. The highest BCUT2D eigenvalue weighted by molar-refractivity contribution is 7.17. The van der Waals surface area contributed by atoms with Gasteiger partial charge in [0.15, 0.2) is 11.4 Å². The lowest BCUT2D eigenvalue weighted by atomic mass is 10.3. The van der Waals surface area contributed by atoms with Crippen molar-refractivity contribution in [2.24, 2.45) is 0 Å². The average molecular weight is 358 g/mol. The van der Waals surface area contributed by atoms with Crippen molar-refractivity contribution in [2.45, 2.75) is 19.8 Å². The average Bonchev–Trinajstić information content (AvgIpc) is 3.24. The van der Waals surface area contributed by atoms with Crippen molar-refractivity contribution in [3.63, 3.8) is 0 Å². The Morgan fingerprint density at radius 2 is 2.12 bits per heavy atom. The van der Waals surface area contributed by atoms with Crippen LogP contribution in [0.5, 0.6) is 0 Å². The Morgan fingerprint density at radius 1 is 1.28 bits per heavy atom. The number of rotatable bonds is 7. The molecule has 3 heterocycles. The number of ketones is 1. The van der Waals surface area contributed by atoms with E-state index in [0.717, 1.165) is 16.2 Å². The van der Waals surface area contributed by atoms with Gasteiger partial charge in [-0.05, 0) is 37.6 Å². The first-order valence-corrected chi connectivity index (χ1v) is 8.67. The lowest BCUT2D eigenvalue weighted by Gasteiger charge is -2.06. The van der Waals surface area contributed by atoms with Crippen LogP contribution in [-0.4, -0.2) is 40.0 Å². The van der Waals surface area contributed by atoms with Crippen molar-refractivity contribution in [3.8, 4) is 10.6 Å². The summed E-state index contributed by atoms with van der Waals surface area (Å²) < 4.78 is 6.36. The number of nitrogens with zero attached hydrogens (tertiary/aromatic N) is 3. The molecule has 3 rings (SSSR count). The summed E-state index contributed by atoms with van der Waals surface area (Å²) >= 11 is 1.42. The fourth-order valence-corrected chi connectivity index (χ4v) is 3.25. The third kappa shape index (κ3) is 3.85. The molecule has 8 heteroatoms. The SMILES string of the molecule is COC(=O)CCCNc1ccc2ncc(-c3ccc(C(C)=O)s3)n2n1. The molecule has 130 valence electrons. The van der Waals surface area contributed by atoms with E-state index in [1.807, 2.05) is 24.3 Å². The molecule has 0 unspecified atom stereocenters. The third-order valence-electron chi connectivity index (χ3n) is 3.66. The second kappa shape index (κ2) is 7.43. The highest BCUT2D eigenvalue weighted by Crippen LogP contribution is 2.28. The van der Waals surface area contributed by atoms with Crippen LogP contribution in [0.4, 0.5) is 5.82 Å². The van der Waals surface area contributed by atoms with E-state index in [1.165, 1.54) is 18.4 Å². The van der Waals surface area contributed by atoms with E-state index in [0.29, 0.717) is 30.1 Å². The molecule has 7 nitrogen and oxygen atoms in total. The van der Waals surface area contributed by atoms with Crippen LogP contribution >= 0.6 is 11.3 Å². The van der Waals surface area contributed by atoms with Crippen molar-refractivity contribution >= 4 is 34.6 Å². The number of thiophene rings is 1. The number of aromatic nitrogens is 3. The Balaban J connectivity index is 1.77. The third-order valence-corrected chi connectivity index (χ3v) is 4.87. The lowest BCUT2D eigenvalue weighted by Crippen LogP contribution is -2.08. The predicted octanol–water partition coefficient (Wildman–Crippen LogP) is 3.03. The van der Waals surface area contributed by atoms with Gasteiger partial charge in [0.1, 0.15) is 11.5 Å². The van der Waals surface area contributed by atoms with E-state index in [9.17, 15) is 9.59 Å². The number of carbonyl (C=O) groups excluding carboxylic acids is 2. The van der Waals surface area contributed by atoms with E-state index in [4.69, 9.17) is 0 Å². The zero-order chi connectivity index (χ0) is 17.8. The van der Waals surface area contributed by atoms with Gasteiger partial charge < -0.3 is 10.1 Å². The Kier molecular flexibility index (Phi) is 5.08. The van der Waals surface area contributed by atoms with Crippen LogP contribution < -0.4 is 5.32 Å². The summed E-state index contributed by atoms with van der Waals surface area (Å²) in [6, 6.07) is 7.44. The molecule has 1 N–H and O–H groups in total. The number of hydrogen-bond donors (Lipinski definition) is 1. The van der Waals surface area contributed by atoms with Gasteiger partial charge in [-0.15, -0.1) is 16.4 Å². The van der Waals surface area contributed by atoms with Gasteiger partial charge in [0.25, 0.3) is 0 Å². The molecule has 0 saturated carbocycles. The standard InChI is InChI=1S/C17H18N4O3S/c1-11(22)13-5-6-14(25-13)12-10-19-16-8-7-15(20-21(12)16)18-9-3-4-17(23)24-2/h5-8,10H,3-4,9H2,1-2H3,(H,18,20). The summed E-state index contributed by atoms with van der Waals surface area (Å²) in [5.41, 5.74) is 1.57.